The standard InChI is InChI=1S/C17H21FN2O/c1-12(2)20-10-9-15(19-20)11-16(21)17(3,4)13-5-7-14(18)8-6-13/h5-10,12H,11H2,1-4H3. The first-order chi connectivity index (χ1) is 9.80. The third kappa shape index (κ3) is 3.38. The Morgan fingerprint density at radius 1 is 1.24 bits per heavy atom. The Morgan fingerprint density at radius 2 is 1.86 bits per heavy atom. The summed E-state index contributed by atoms with van der Waals surface area (Å²) < 4.78 is 14.8. The van der Waals surface area contributed by atoms with Crippen molar-refractivity contribution < 1.29 is 9.18 Å². The van der Waals surface area contributed by atoms with Crippen molar-refractivity contribution in [2.75, 3.05) is 0 Å². The molecule has 0 N–H and O–H groups in total. The van der Waals surface area contributed by atoms with Gasteiger partial charge in [-0.05, 0) is 51.5 Å². The monoisotopic (exact) mass is 288 g/mol. The van der Waals surface area contributed by atoms with Crippen molar-refractivity contribution in [3.8, 4) is 0 Å². The molecule has 1 heterocycles. The Hall–Kier alpha value is -1.97. The fraction of sp³-hybridized carbons (Fsp3) is 0.412. The molecule has 2 aromatic rings. The van der Waals surface area contributed by atoms with E-state index in [2.05, 4.69) is 5.10 Å². The Kier molecular flexibility index (Phi) is 4.26. The van der Waals surface area contributed by atoms with Crippen LogP contribution in [0.3, 0.4) is 0 Å². The van der Waals surface area contributed by atoms with Crippen molar-refractivity contribution in [3.05, 3.63) is 53.6 Å². The molecule has 0 aliphatic heterocycles. The molecule has 0 amide bonds. The summed E-state index contributed by atoms with van der Waals surface area (Å²) >= 11 is 0. The minimum atomic E-state index is -0.657. The summed E-state index contributed by atoms with van der Waals surface area (Å²) in [4.78, 5) is 12.6. The van der Waals surface area contributed by atoms with Crippen LogP contribution in [0.2, 0.25) is 0 Å². The van der Waals surface area contributed by atoms with Crippen LogP contribution in [-0.4, -0.2) is 15.6 Å². The van der Waals surface area contributed by atoms with E-state index in [0.717, 1.165) is 11.3 Å². The van der Waals surface area contributed by atoms with Gasteiger partial charge in [-0.2, -0.15) is 5.10 Å². The Bertz CT molecular complexity index is 626. The lowest BCUT2D eigenvalue weighted by molar-refractivity contribution is -0.122. The van der Waals surface area contributed by atoms with Gasteiger partial charge in [-0.25, -0.2) is 4.39 Å². The molecule has 0 unspecified atom stereocenters. The zero-order valence-corrected chi connectivity index (χ0v) is 12.9. The van der Waals surface area contributed by atoms with Gasteiger partial charge in [0, 0.05) is 17.7 Å². The van der Waals surface area contributed by atoms with Crippen LogP contribution >= 0.6 is 0 Å². The highest BCUT2D eigenvalue weighted by atomic mass is 19.1. The molecule has 0 saturated carbocycles. The number of rotatable bonds is 5. The van der Waals surface area contributed by atoms with E-state index < -0.39 is 5.41 Å². The van der Waals surface area contributed by atoms with Gasteiger partial charge < -0.3 is 0 Å². The molecule has 1 aromatic heterocycles. The molecule has 0 fully saturated rings. The van der Waals surface area contributed by atoms with E-state index >= 15 is 0 Å². The first kappa shape index (κ1) is 15.4. The molecule has 21 heavy (non-hydrogen) atoms. The molecule has 0 bridgehead atoms. The van der Waals surface area contributed by atoms with E-state index in [4.69, 9.17) is 0 Å². The molecule has 112 valence electrons. The van der Waals surface area contributed by atoms with Crippen LogP contribution in [0.1, 0.15) is 45.0 Å². The first-order valence-electron chi connectivity index (χ1n) is 7.14. The number of hydrogen-bond donors (Lipinski definition) is 0. The second-order valence-electron chi connectivity index (χ2n) is 6.11. The van der Waals surface area contributed by atoms with E-state index in [1.807, 2.05) is 44.6 Å². The topological polar surface area (TPSA) is 34.9 Å². The van der Waals surface area contributed by atoms with Crippen LogP contribution in [-0.2, 0) is 16.6 Å². The Balaban J connectivity index is 2.15. The van der Waals surface area contributed by atoms with Crippen molar-refractivity contribution in [1.82, 2.24) is 9.78 Å². The normalized spacial score (nSPS) is 11.9. The minimum Gasteiger partial charge on any atom is -0.298 e. The number of ketones is 1. The van der Waals surface area contributed by atoms with E-state index in [1.54, 1.807) is 12.1 Å². The van der Waals surface area contributed by atoms with Crippen LogP contribution in [0.4, 0.5) is 4.39 Å². The van der Waals surface area contributed by atoms with Gasteiger partial charge in [0.25, 0.3) is 0 Å². The lowest BCUT2D eigenvalue weighted by Crippen LogP contribution is -2.30. The second kappa shape index (κ2) is 5.80. The third-order valence-corrected chi connectivity index (χ3v) is 3.80. The number of benzene rings is 1. The van der Waals surface area contributed by atoms with Crippen LogP contribution in [0.15, 0.2) is 36.5 Å². The molecule has 0 radical (unpaired) electrons. The maximum atomic E-state index is 13.0. The number of aromatic nitrogens is 2. The van der Waals surface area contributed by atoms with Crippen molar-refractivity contribution >= 4 is 5.78 Å². The quantitative estimate of drug-likeness (QED) is 0.841. The number of nitrogens with zero attached hydrogens (tertiary/aromatic N) is 2. The van der Waals surface area contributed by atoms with Crippen LogP contribution < -0.4 is 0 Å². The van der Waals surface area contributed by atoms with Gasteiger partial charge in [-0.15, -0.1) is 0 Å². The molecule has 0 saturated heterocycles. The zero-order valence-electron chi connectivity index (χ0n) is 12.9. The number of hydrogen-bond acceptors (Lipinski definition) is 2. The Morgan fingerprint density at radius 3 is 2.38 bits per heavy atom. The van der Waals surface area contributed by atoms with Crippen molar-refractivity contribution in [3.63, 3.8) is 0 Å². The van der Waals surface area contributed by atoms with E-state index in [0.29, 0.717) is 0 Å². The van der Waals surface area contributed by atoms with Gasteiger partial charge in [0.15, 0.2) is 0 Å². The summed E-state index contributed by atoms with van der Waals surface area (Å²) in [6.07, 6.45) is 2.17. The van der Waals surface area contributed by atoms with Gasteiger partial charge >= 0.3 is 0 Å². The molecule has 0 spiro atoms. The minimum absolute atomic E-state index is 0.0723. The van der Waals surface area contributed by atoms with Crippen molar-refractivity contribution in [2.45, 2.75) is 45.6 Å². The SMILES string of the molecule is CC(C)n1ccc(CC(=O)C(C)(C)c2ccc(F)cc2)n1. The van der Waals surface area contributed by atoms with Gasteiger partial charge in [0.1, 0.15) is 11.6 Å². The van der Waals surface area contributed by atoms with Crippen LogP contribution in [0, 0.1) is 5.82 Å². The molecular formula is C17H21FN2O. The summed E-state index contributed by atoms with van der Waals surface area (Å²) in [6.45, 7) is 7.81. The first-order valence-corrected chi connectivity index (χ1v) is 7.14. The second-order valence-corrected chi connectivity index (χ2v) is 6.11. The number of carbonyl (C=O) groups excluding carboxylic acids is 1. The highest BCUT2D eigenvalue weighted by Crippen LogP contribution is 2.26. The fourth-order valence-corrected chi connectivity index (χ4v) is 2.17. The largest absolute Gasteiger partial charge is 0.298 e. The van der Waals surface area contributed by atoms with E-state index in [1.165, 1.54) is 12.1 Å². The molecule has 1 aromatic carbocycles. The molecular weight excluding hydrogens is 267 g/mol. The van der Waals surface area contributed by atoms with Crippen molar-refractivity contribution in [1.29, 1.82) is 0 Å². The molecule has 0 aliphatic rings. The average Bonchev–Trinajstić information content (AvgIpc) is 2.88. The summed E-state index contributed by atoms with van der Waals surface area (Å²) in [5, 5.41) is 4.41. The molecule has 0 atom stereocenters. The number of halogens is 1. The maximum absolute atomic E-state index is 13.0. The maximum Gasteiger partial charge on any atom is 0.148 e. The average molecular weight is 288 g/mol. The fourth-order valence-electron chi connectivity index (χ4n) is 2.17. The van der Waals surface area contributed by atoms with E-state index in [-0.39, 0.29) is 24.1 Å². The zero-order chi connectivity index (χ0) is 15.6. The third-order valence-electron chi connectivity index (χ3n) is 3.80. The number of Topliss-reactive ketones (excluding diaryl/α,β-unsaturated/α-hetero) is 1. The number of carbonyl (C=O) groups is 1. The molecule has 3 nitrogen and oxygen atoms in total. The summed E-state index contributed by atoms with van der Waals surface area (Å²) in [7, 11) is 0. The van der Waals surface area contributed by atoms with Crippen LogP contribution in [0.5, 0.6) is 0 Å². The summed E-state index contributed by atoms with van der Waals surface area (Å²) in [5.74, 6) is -0.221. The predicted molar refractivity (Wildman–Crippen MR) is 80.7 cm³/mol. The van der Waals surface area contributed by atoms with Gasteiger partial charge in [-0.1, -0.05) is 12.1 Å². The van der Waals surface area contributed by atoms with Crippen molar-refractivity contribution in [2.24, 2.45) is 0 Å². The van der Waals surface area contributed by atoms with Crippen LogP contribution in [0.25, 0.3) is 0 Å². The lowest BCUT2D eigenvalue weighted by Gasteiger charge is -2.23. The molecule has 4 heteroatoms. The molecule has 2 rings (SSSR count). The lowest BCUT2D eigenvalue weighted by atomic mass is 9.79. The predicted octanol–water partition coefficient (Wildman–Crippen LogP) is 3.69. The smallest absolute Gasteiger partial charge is 0.148 e. The van der Waals surface area contributed by atoms with Gasteiger partial charge in [0.2, 0.25) is 0 Å². The van der Waals surface area contributed by atoms with Gasteiger partial charge in [0.05, 0.1) is 12.1 Å². The van der Waals surface area contributed by atoms with E-state index in [9.17, 15) is 9.18 Å². The van der Waals surface area contributed by atoms with Gasteiger partial charge in [-0.3, -0.25) is 9.48 Å². The summed E-state index contributed by atoms with van der Waals surface area (Å²) in [6, 6.07) is 8.26. The Labute approximate surface area is 124 Å². The highest BCUT2D eigenvalue weighted by Gasteiger charge is 2.29. The molecule has 0 aliphatic carbocycles. The highest BCUT2D eigenvalue weighted by molar-refractivity contribution is 5.90. The summed E-state index contributed by atoms with van der Waals surface area (Å²) in [5.41, 5.74) is 0.927.